The second kappa shape index (κ2) is 10.5. The van der Waals surface area contributed by atoms with E-state index in [2.05, 4.69) is 5.32 Å². The standard InChI is InChI=1S/C13H20N2O2.C2H6/c1-10(2)17-9-15-13(16)7-11-5-3-4-6-12(11)8-14;1-2/h3-6,10H,7-9,14H2,1-2H3,(H,15,16);1-2H3. The van der Waals surface area contributed by atoms with Gasteiger partial charge in [0.15, 0.2) is 0 Å². The molecule has 1 aromatic carbocycles. The molecule has 4 nitrogen and oxygen atoms in total. The van der Waals surface area contributed by atoms with E-state index in [0.29, 0.717) is 13.0 Å². The maximum Gasteiger partial charge on any atom is 0.226 e. The third-order valence-electron chi connectivity index (χ3n) is 2.38. The summed E-state index contributed by atoms with van der Waals surface area (Å²) in [7, 11) is 0. The molecule has 0 atom stereocenters. The number of carbonyl (C=O) groups is 1. The summed E-state index contributed by atoms with van der Waals surface area (Å²) < 4.78 is 5.25. The minimum Gasteiger partial charge on any atom is -0.359 e. The molecule has 0 aliphatic heterocycles. The van der Waals surface area contributed by atoms with Crippen LogP contribution in [0.4, 0.5) is 0 Å². The van der Waals surface area contributed by atoms with E-state index in [1.807, 2.05) is 52.0 Å². The zero-order valence-corrected chi connectivity index (χ0v) is 12.4. The van der Waals surface area contributed by atoms with Crippen molar-refractivity contribution in [3.8, 4) is 0 Å². The molecule has 0 spiro atoms. The van der Waals surface area contributed by atoms with Gasteiger partial charge >= 0.3 is 0 Å². The van der Waals surface area contributed by atoms with Gasteiger partial charge in [-0.05, 0) is 25.0 Å². The second-order valence-electron chi connectivity index (χ2n) is 4.11. The van der Waals surface area contributed by atoms with Gasteiger partial charge in [0.2, 0.25) is 5.91 Å². The zero-order valence-electron chi connectivity index (χ0n) is 12.4. The first-order valence-electron chi connectivity index (χ1n) is 6.78. The van der Waals surface area contributed by atoms with Crippen LogP contribution in [0.1, 0.15) is 38.8 Å². The molecule has 0 aromatic heterocycles. The molecule has 0 saturated carbocycles. The lowest BCUT2D eigenvalue weighted by molar-refractivity contribution is -0.122. The topological polar surface area (TPSA) is 64.3 Å². The molecule has 0 unspecified atom stereocenters. The van der Waals surface area contributed by atoms with E-state index in [1.165, 1.54) is 0 Å². The van der Waals surface area contributed by atoms with Crippen LogP contribution < -0.4 is 11.1 Å². The number of ether oxygens (including phenoxy) is 1. The first kappa shape index (κ1) is 17.6. The highest BCUT2D eigenvalue weighted by molar-refractivity contribution is 5.78. The summed E-state index contributed by atoms with van der Waals surface area (Å²) in [5.41, 5.74) is 7.59. The molecule has 108 valence electrons. The molecule has 1 aromatic rings. The zero-order chi connectivity index (χ0) is 14.7. The van der Waals surface area contributed by atoms with Gasteiger partial charge in [-0.1, -0.05) is 38.1 Å². The number of rotatable bonds is 6. The third-order valence-corrected chi connectivity index (χ3v) is 2.38. The highest BCUT2D eigenvalue weighted by Gasteiger charge is 2.06. The van der Waals surface area contributed by atoms with E-state index in [4.69, 9.17) is 10.5 Å². The van der Waals surface area contributed by atoms with Crippen LogP contribution in [0.5, 0.6) is 0 Å². The Morgan fingerprint density at radius 1 is 1.26 bits per heavy atom. The van der Waals surface area contributed by atoms with Crippen LogP contribution in [0.2, 0.25) is 0 Å². The Morgan fingerprint density at radius 2 is 1.84 bits per heavy atom. The molecule has 0 aliphatic carbocycles. The van der Waals surface area contributed by atoms with E-state index in [0.717, 1.165) is 11.1 Å². The lowest BCUT2D eigenvalue weighted by Gasteiger charge is -2.10. The molecule has 1 rings (SSSR count). The molecule has 4 heteroatoms. The lowest BCUT2D eigenvalue weighted by atomic mass is 10.0. The Bertz CT molecular complexity index is 365. The van der Waals surface area contributed by atoms with Gasteiger partial charge in [0, 0.05) is 6.54 Å². The highest BCUT2D eigenvalue weighted by Crippen LogP contribution is 2.08. The summed E-state index contributed by atoms with van der Waals surface area (Å²) in [5, 5.41) is 2.71. The third kappa shape index (κ3) is 7.59. The summed E-state index contributed by atoms with van der Waals surface area (Å²) in [6.07, 6.45) is 0.459. The van der Waals surface area contributed by atoms with Gasteiger partial charge in [-0.2, -0.15) is 0 Å². The number of benzene rings is 1. The van der Waals surface area contributed by atoms with Crippen LogP contribution >= 0.6 is 0 Å². The minimum atomic E-state index is -0.0495. The van der Waals surface area contributed by atoms with Crippen molar-refractivity contribution in [3.63, 3.8) is 0 Å². The van der Waals surface area contributed by atoms with Gasteiger partial charge < -0.3 is 15.8 Å². The molecule has 19 heavy (non-hydrogen) atoms. The highest BCUT2D eigenvalue weighted by atomic mass is 16.5. The lowest BCUT2D eigenvalue weighted by Crippen LogP contribution is -2.29. The molecule has 1 amide bonds. The smallest absolute Gasteiger partial charge is 0.226 e. The average molecular weight is 266 g/mol. The van der Waals surface area contributed by atoms with Crippen molar-refractivity contribution in [2.45, 2.75) is 46.8 Å². The molecule has 0 bridgehead atoms. The maximum absolute atomic E-state index is 11.6. The number of carbonyl (C=O) groups excluding carboxylic acids is 1. The molecular weight excluding hydrogens is 240 g/mol. The molecule has 0 heterocycles. The SMILES string of the molecule is CC.CC(C)OCNC(=O)Cc1ccccc1CN. The summed E-state index contributed by atoms with van der Waals surface area (Å²) in [6, 6.07) is 7.69. The molecular formula is C15H26N2O2. The summed E-state index contributed by atoms with van der Waals surface area (Å²) in [6.45, 7) is 8.55. The van der Waals surface area contributed by atoms with Crippen molar-refractivity contribution in [2.24, 2.45) is 5.73 Å². The predicted octanol–water partition coefficient (Wildman–Crippen LogP) is 2.21. The van der Waals surface area contributed by atoms with E-state index in [9.17, 15) is 4.79 Å². The number of nitrogens with one attached hydrogen (secondary N) is 1. The number of amides is 1. The van der Waals surface area contributed by atoms with Crippen molar-refractivity contribution < 1.29 is 9.53 Å². The quantitative estimate of drug-likeness (QED) is 0.776. The Kier molecular flexibility index (Phi) is 9.75. The van der Waals surface area contributed by atoms with Crippen LogP contribution in [0.3, 0.4) is 0 Å². The number of nitrogens with two attached hydrogens (primary N) is 1. The summed E-state index contributed by atoms with van der Waals surface area (Å²) in [4.78, 5) is 11.6. The number of hydrogen-bond acceptors (Lipinski definition) is 3. The van der Waals surface area contributed by atoms with Gasteiger partial charge in [-0.25, -0.2) is 0 Å². The van der Waals surface area contributed by atoms with Gasteiger partial charge in [-0.15, -0.1) is 0 Å². The van der Waals surface area contributed by atoms with Crippen molar-refractivity contribution in [3.05, 3.63) is 35.4 Å². The normalized spacial score (nSPS) is 9.79. The van der Waals surface area contributed by atoms with Crippen molar-refractivity contribution in [1.29, 1.82) is 0 Å². The van der Waals surface area contributed by atoms with Gasteiger partial charge in [-0.3, -0.25) is 4.79 Å². The van der Waals surface area contributed by atoms with Gasteiger partial charge in [0.25, 0.3) is 0 Å². The Hall–Kier alpha value is -1.39. The van der Waals surface area contributed by atoms with E-state index in [-0.39, 0.29) is 18.7 Å². The van der Waals surface area contributed by atoms with Crippen LogP contribution in [0, 0.1) is 0 Å². The van der Waals surface area contributed by atoms with E-state index < -0.39 is 0 Å². The fraction of sp³-hybridized carbons (Fsp3) is 0.533. The fourth-order valence-electron chi connectivity index (χ4n) is 1.45. The summed E-state index contributed by atoms with van der Waals surface area (Å²) in [5.74, 6) is -0.0495. The Balaban J connectivity index is 0.00000154. The maximum atomic E-state index is 11.6. The van der Waals surface area contributed by atoms with E-state index >= 15 is 0 Å². The fourth-order valence-corrected chi connectivity index (χ4v) is 1.45. The summed E-state index contributed by atoms with van der Waals surface area (Å²) >= 11 is 0. The van der Waals surface area contributed by atoms with Gasteiger partial charge in [0.05, 0.1) is 12.5 Å². The molecule has 0 fully saturated rings. The molecule has 0 saturated heterocycles. The molecule has 3 N–H and O–H groups in total. The monoisotopic (exact) mass is 266 g/mol. The van der Waals surface area contributed by atoms with Crippen molar-refractivity contribution >= 4 is 5.91 Å². The average Bonchev–Trinajstić information content (AvgIpc) is 2.41. The first-order valence-corrected chi connectivity index (χ1v) is 6.78. The van der Waals surface area contributed by atoms with Crippen molar-refractivity contribution in [2.75, 3.05) is 6.73 Å². The number of hydrogen-bond donors (Lipinski definition) is 2. The Labute approximate surface area is 116 Å². The van der Waals surface area contributed by atoms with Crippen LogP contribution in [0.15, 0.2) is 24.3 Å². The predicted molar refractivity (Wildman–Crippen MR) is 78.6 cm³/mol. The molecule has 0 radical (unpaired) electrons. The van der Waals surface area contributed by atoms with Crippen LogP contribution in [0.25, 0.3) is 0 Å². The van der Waals surface area contributed by atoms with Crippen molar-refractivity contribution in [1.82, 2.24) is 5.32 Å². The first-order chi connectivity index (χ1) is 9.13. The Morgan fingerprint density at radius 3 is 2.37 bits per heavy atom. The molecule has 0 aliphatic rings. The second-order valence-corrected chi connectivity index (χ2v) is 4.11. The van der Waals surface area contributed by atoms with Crippen LogP contribution in [-0.2, 0) is 22.5 Å². The largest absolute Gasteiger partial charge is 0.359 e. The van der Waals surface area contributed by atoms with Crippen LogP contribution in [-0.4, -0.2) is 18.7 Å². The van der Waals surface area contributed by atoms with Gasteiger partial charge in [0.1, 0.15) is 6.73 Å². The minimum absolute atomic E-state index is 0.0495. The van der Waals surface area contributed by atoms with E-state index in [1.54, 1.807) is 0 Å².